The van der Waals surface area contributed by atoms with Crippen molar-refractivity contribution >= 4 is 21.4 Å². The van der Waals surface area contributed by atoms with Gasteiger partial charge in [-0.25, -0.2) is 18.1 Å². The van der Waals surface area contributed by atoms with Crippen LogP contribution in [0.1, 0.15) is 37.7 Å². The van der Waals surface area contributed by atoms with Gasteiger partial charge in [-0.2, -0.15) is 0 Å². The van der Waals surface area contributed by atoms with Crippen molar-refractivity contribution in [3.63, 3.8) is 0 Å². The van der Waals surface area contributed by atoms with Crippen LogP contribution in [0.5, 0.6) is 0 Å². The second-order valence-electron chi connectivity index (χ2n) is 9.82. The van der Waals surface area contributed by atoms with Gasteiger partial charge in [-0.15, -0.1) is 0 Å². The maximum atomic E-state index is 13.5. The molecule has 3 heterocycles. The van der Waals surface area contributed by atoms with E-state index in [1.54, 1.807) is 19.4 Å². The molecule has 0 amide bonds. The molecule has 3 aliphatic rings. The van der Waals surface area contributed by atoms with Crippen molar-refractivity contribution in [2.75, 3.05) is 24.6 Å². The molecule has 0 spiro atoms. The molecule has 34 heavy (non-hydrogen) atoms. The standard InChI is InChI=1S/C23H31N5O5S/c1-16-9-23(34(31,32)25-19-10-17(11-19)13-26-7-5-24-15-26)21(12-20(16)28(29)30)27-6-4-22-18(14-27)3-2-8-33-22/h5,7,9,12,15,17-19,22,25H,2-4,6,8,10-11,13-14H2,1H3. The van der Waals surface area contributed by atoms with Crippen molar-refractivity contribution in [3.05, 3.63) is 46.5 Å². The number of fused-ring (bicyclic) bond motifs is 1. The van der Waals surface area contributed by atoms with Gasteiger partial charge in [-0.05, 0) is 51.0 Å². The van der Waals surface area contributed by atoms with Crippen molar-refractivity contribution in [1.82, 2.24) is 14.3 Å². The van der Waals surface area contributed by atoms with Crippen molar-refractivity contribution in [1.29, 1.82) is 0 Å². The summed E-state index contributed by atoms with van der Waals surface area (Å²) in [5.74, 6) is 0.701. The lowest BCUT2D eigenvalue weighted by Gasteiger charge is -2.42. The summed E-state index contributed by atoms with van der Waals surface area (Å²) in [7, 11) is -3.84. The molecular weight excluding hydrogens is 458 g/mol. The van der Waals surface area contributed by atoms with Gasteiger partial charge in [0.05, 0.1) is 23.0 Å². The average Bonchev–Trinajstić information content (AvgIpc) is 3.30. The number of nitrogens with zero attached hydrogens (tertiary/aromatic N) is 4. The molecule has 2 atom stereocenters. The molecule has 5 rings (SSSR count). The Hall–Kier alpha value is -2.50. The molecule has 1 aromatic heterocycles. The van der Waals surface area contributed by atoms with Crippen molar-refractivity contribution in [3.8, 4) is 0 Å². The van der Waals surface area contributed by atoms with E-state index in [4.69, 9.17) is 4.74 Å². The van der Waals surface area contributed by atoms with Crippen LogP contribution in [0.3, 0.4) is 0 Å². The third kappa shape index (κ3) is 4.69. The Morgan fingerprint density at radius 2 is 2.12 bits per heavy atom. The summed E-state index contributed by atoms with van der Waals surface area (Å²) in [6, 6.07) is 2.76. The number of hydrogen-bond acceptors (Lipinski definition) is 7. The number of nitro benzene ring substituents is 1. The quantitative estimate of drug-likeness (QED) is 0.469. The number of imidazole rings is 1. The molecule has 2 saturated heterocycles. The first-order valence-corrected chi connectivity index (χ1v) is 13.4. The van der Waals surface area contributed by atoms with Crippen LogP contribution in [0.4, 0.5) is 11.4 Å². The number of aryl methyl sites for hydroxylation is 1. The highest BCUT2D eigenvalue weighted by Crippen LogP contribution is 2.38. The fourth-order valence-corrected chi connectivity index (χ4v) is 7.13. The number of rotatable bonds is 7. The smallest absolute Gasteiger partial charge is 0.274 e. The van der Waals surface area contributed by atoms with Crippen molar-refractivity contribution in [2.45, 2.75) is 62.6 Å². The summed E-state index contributed by atoms with van der Waals surface area (Å²) >= 11 is 0. The fraction of sp³-hybridized carbons (Fsp3) is 0.609. The number of anilines is 1. The lowest BCUT2D eigenvalue weighted by atomic mass is 9.81. The molecule has 2 aromatic rings. The molecule has 0 bridgehead atoms. The van der Waals surface area contributed by atoms with E-state index in [-0.39, 0.29) is 22.7 Å². The molecule has 184 valence electrons. The minimum absolute atomic E-state index is 0.0555. The zero-order valence-electron chi connectivity index (χ0n) is 19.3. The van der Waals surface area contributed by atoms with Crippen LogP contribution in [-0.2, 0) is 21.3 Å². The van der Waals surface area contributed by atoms with Crippen LogP contribution < -0.4 is 9.62 Å². The Labute approximate surface area is 199 Å². The summed E-state index contributed by atoms with van der Waals surface area (Å²) in [6.07, 6.45) is 9.90. The van der Waals surface area contributed by atoms with Gasteiger partial charge in [0.2, 0.25) is 10.0 Å². The second-order valence-corrected chi connectivity index (χ2v) is 11.5. The third-order valence-electron chi connectivity index (χ3n) is 7.41. The number of sulfonamides is 1. The third-order valence-corrected chi connectivity index (χ3v) is 8.96. The first-order chi connectivity index (χ1) is 16.3. The number of benzene rings is 1. The van der Waals surface area contributed by atoms with E-state index < -0.39 is 14.9 Å². The number of nitro groups is 1. The predicted molar refractivity (Wildman–Crippen MR) is 126 cm³/mol. The minimum atomic E-state index is -3.84. The summed E-state index contributed by atoms with van der Waals surface area (Å²) in [4.78, 5) is 17.4. The van der Waals surface area contributed by atoms with Gasteiger partial charge in [0, 0.05) is 62.2 Å². The highest BCUT2D eigenvalue weighted by atomic mass is 32.2. The van der Waals surface area contributed by atoms with Crippen LogP contribution in [0, 0.1) is 28.9 Å². The van der Waals surface area contributed by atoms with E-state index in [0.717, 1.165) is 45.3 Å². The lowest BCUT2D eigenvalue weighted by Crippen LogP contribution is -2.48. The number of piperidine rings is 1. The highest BCUT2D eigenvalue weighted by Gasteiger charge is 2.37. The molecule has 2 aliphatic heterocycles. The van der Waals surface area contributed by atoms with Gasteiger partial charge < -0.3 is 14.2 Å². The zero-order valence-corrected chi connectivity index (χ0v) is 20.1. The predicted octanol–water partition coefficient (Wildman–Crippen LogP) is 2.86. The van der Waals surface area contributed by atoms with E-state index >= 15 is 0 Å². The molecule has 0 radical (unpaired) electrons. The molecule has 11 heteroatoms. The SMILES string of the molecule is Cc1cc(S(=O)(=O)NC2CC(Cn3ccnc3)C2)c(N2CCC3OCCCC3C2)cc1[N+](=O)[O-]. The van der Waals surface area contributed by atoms with Gasteiger partial charge in [0.1, 0.15) is 4.90 Å². The van der Waals surface area contributed by atoms with Gasteiger partial charge >= 0.3 is 0 Å². The summed E-state index contributed by atoms with van der Waals surface area (Å²) in [5.41, 5.74) is 0.708. The monoisotopic (exact) mass is 489 g/mol. The van der Waals surface area contributed by atoms with Crippen molar-refractivity contribution < 1.29 is 18.1 Å². The first kappa shape index (κ1) is 23.3. The molecule has 1 aliphatic carbocycles. The van der Waals surface area contributed by atoms with Gasteiger partial charge in [-0.1, -0.05) is 0 Å². The van der Waals surface area contributed by atoms with Crippen LogP contribution >= 0.6 is 0 Å². The van der Waals surface area contributed by atoms with Crippen LogP contribution in [0.2, 0.25) is 0 Å². The van der Waals surface area contributed by atoms with E-state index in [0.29, 0.717) is 36.2 Å². The minimum Gasteiger partial charge on any atom is -0.378 e. The maximum Gasteiger partial charge on any atom is 0.274 e. The number of aromatic nitrogens is 2. The molecule has 3 fully saturated rings. The van der Waals surface area contributed by atoms with Crippen LogP contribution in [0.25, 0.3) is 0 Å². The summed E-state index contributed by atoms with van der Waals surface area (Å²) in [6.45, 7) is 4.43. The number of ether oxygens (including phenoxy) is 1. The van der Waals surface area contributed by atoms with Gasteiger partial charge in [0.25, 0.3) is 5.69 Å². The molecule has 2 unspecified atom stereocenters. The van der Waals surface area contributed by atoms with Gasteiger partial charge in [0.15, 0.2) is 0 Å². The fourth-order valence-electron chi connectivity index (χ4n) is 5.58. The largest absolute Gasteiger partial charge is 0.378 e. The van der Waals surface area contributed by atoms with Crippen LogP contribution in [0.15, 0.2) is 35.7 Å². The van der Waals surface area contributed by atoms with Crippen LogP contribution in [-0.4, -0.2) is 54.7 Å². The zero-order chi connectivity index (χ0) is 23.9. The number of hydrogen-bond donors (Lipinski definition) is 1. The molecule has 1 saturated carbocycles. The van der Waals surface area contributed by atoms with E-state index in [1.165, 1.54) is 12.1 Å². The average molecular weight is 490 g/mol. The molecule has 1 aromatic carbocycles. The summed E-state index contributed by atoms with van der Waals surface area (Å²) in [5, 5.41) is 11.6. The van der Waals surface area contributed by atoms with E-state index in [1.807, 2.05) is 15.7 Å². The van der Waals surface area contributed by atoms with Crippen molar-refractivity contribution in [2.24, 2.45) is 11.8 Å². The molecule has 1 N–H and O–H groups in total. The van der Waals surface area contributed by atoms with E-state index in [2.05, 4.69) is 9.71 Å². The highest BCUT2D eigenvalue weighted by molar-refractivity contribution is 7.89. The topological polar surface area (TPSA) is 120 Å². The van der Waals surface area contributed by atoms with E-state index in [9.17, 15) is 18.5 Å². The maximum absolute atomic E-state index is 13.5. The Bertz CT molecular complexity index is 1150. The molecule has 10 nitrogen and oxygen atoms in total. The Balaban J connectivity index is 1.36. The second kappa shape index (κ2) is 9.27. The lowest BCUT2D eigenvalue weighted by molar-refractivity contribution is -0.385. The molecular formula is C23H31N5O5S. The first-order valence-electron chi connectivity index (χ1n) is 11.9. The Morgan fingerprint density at radius 3 is 2.85 bits per heavy atom. The Morgan fingerprint density at radius 1 is 1.29 bits per heavy atom. The summed E-state index contributed by atoms with van der Waals surface area (Å²) < 4.78 is 37.7. The Kier molecular flexibility index (Phi) is 6.34. The number of nitrogens with one attached hydrogen (secondary N) is 1. The normalized spacial score (nSPS) is 27.1. The van der Waals surface area contributed by atoms with Gasteiger partial charge in [-0.3, -0.25) is 10.1 Å².